The summed E-state index contributed by atoms with van der Waals surface area (Å²) >= 11 is 0. The number of methoxy groups -OCH3 is 2. The summed E-state index contributed by atoms with van der Waals surface area (Å²) in [6.45, 7) is 1.48. The van der Waals surface area contributed by atoms with E-state index >= 15 is 0 Å². The molecule has 0 atom stereocenters. The van der Waals surface area contributed by atoms with Gasteiger partial charge < -0.3 is 18.6 Å². The maximum Gasteiger partial charge on any atom is 0.446 e. The van der Waals surface area contributed by atoms with Crippen molar-refractivity contribution in [2.24, 2.45) is 0 Å². The van der Waals surface area contributed by atoms with E-state index < -0.39 is 10.4 Å². The molecule has 0 amide bonds. The molecule has 0 radical (unpaired) electrons. The van der Waals surface area contributed by atoms with Crippen LogP contribution in [0, 0.1) is 0 Å². The number of ether oxygens (including phenoxy) is 2. The number of hydrogen-bond acceptors (Lipinski definition) is 6. The molecule has 0 spiro atoms. The van der Waals surface area contributed by atoms with E-state index in [1.807, 2.05) is 19.2 Å². The fraction of sp³-hybridized carbons (Fsp3) is 0.400. The van der Waals surface area contributed by atoms with Gasteiger partial charge in [-0.15, -0.1) is 0 Å². The summed E-state index contributed by atoms with van der Waals surface area (Å²) in [5.74, 6) is 1.61. The molecule has 7 nitrogen and oxygen atoms in total. The predicted octanol–water partition coefficient (Wildman–Crippen LogP) is 2.66. The van der Waals surface area contributed by atoms with Crippen LogP contribution in [0.4, 0.5) is 0 Å². The zero-order chi connectivity index (χ0) is 20.3. The molecule has 0 fully saturated rings. The zero-order valence-electron chi connectivity index (χ0n) is 16.3. The summed E-state index contributed by atoms with van der Waals surface area (Å²) in [5.41, 5.74) is 4.45. The van der Waals surface area contributed by atoms with Crippen LogP contribution in [0.15, 0.2) is 30.3 Å². The lowest BCUT2D eigenvalue weighted by Gasteiger charge is -2.24. The highest BCUT2D eigenvalue weighted by Crippen LogP contribution is 2.35. The van der Waals surface area contributed by atoms with Gasteiger partial charge in [-0.05, 0) is 61.2 Å². The Hall–Kier alpha value is -2.29. The highest BCUT2D eigenvalue weighted by atomic mass is 32.3. The summed E-state index contributed by atoms with van der Waals surface area (Å²) < 4.78 is 46.6. The average molecular weight is 407 g/mol. The van der Waals surface area contributed by atoms with Gasteiger partial charge >= 0.3 is 10.4 Å². The highest BCUT2D eigenvalue weighted by Gasteiger charge is 2.19. The van der Waals surface area contributed by atoms with Crippen LogP contribution in [0.1, 0.15) is 22.3 Å². The van der Waals surface area contributed by atoms with Crippen molar-refractivity contribution in [3.8, 4) is 17.2 Å². The molecule has 28 heavy (non-hydrogen) atoms. The molecule has 0 aliphatic carbocycles. The van der Waals surface area contributed by atoms with Crippen molar-refractivity contribution < 1.29 is 26.6 Å². The third-order valence-corrected chi connectivity index (χ3v) is 5.38. The van der Waals surface area contributed by atoms with Crippen LogP contribution in [0.5, 0.6) is 17.2 Å². The van der Waals surface area contributed by atoms with Gasteiger partial charge in [0.25, 0.3) is 0 Å². The maximum absolute atomic E-state index is 11.0. The Morgan fingerprint density at radius 3 is 2.36 bits per heavy atom. The molecule has 0 saturated heterocycles. The highest BCUT2D eigenvalue weighted by molar-refractivity contribution is 7.81. The number of benzene rings is 2. The summed E-state index contributed by atoms with van der Waals surface area (Å²) in [6, 6.07) is 9.11. The van der Waals surface area contributed by atoms with Gasteiger partial charge in [-0.1, -0.05) is 12.1 Å². The molecule has 3 rings (SSSR count). The van der Waals surface area contributed by atoms with Crippen LogP contribution < -0.4 is 13.7 Å². The van der Waals surface area contributed by atoms with Crippen LogP contribution in [-0.2, 0) is 36.2 Å². The van der Waals surface area contributed by atoms with Gasteiger partial charge in [0, 0.05) is 18.7 Å². The van der Waals surface area contributed by atoms with E-state index in [9.17, 15) is 8.42 Å². The van der Waals surface area contributed by atoms with Crippen molar-refractivity contribution in [2.45, 2.75) is 25.8 Å². The third-order valence-electron chi connectivity index (χ3n) is 4.98. The molecular formula is C20H25NO6S. The van der Waals surface area contributed by atoms with Crippen molar-refractivity contribution in [1.82, 2.24) is 4.90 Å². The van der Waals surface area contributed by atoms with E-state index in [0.29, 0.717) is 6.54 Å². The van der Waals surface area contributed by atoms with Crippen LogP contribution in [-0.4, -0.2) is 45.7 Å². The first-order chi connectivity index (χ1) is 13.3. The largest absolute Gasteiger partial charge is 0.493 e. The minimum Gasteiger partial charge on any atom is -0.493 e. The van der Waals surface area contributed by atoms with Crippen molar-refractivity contribution in [3.05, 3.63) is 52.6 Å². The van der Waals surface area contributed by atoms with Crippen molar-refractivity contribution in [2.75, 3.05) is 27.8 Å². The normalized spacial score (nSPS) is 15.3. The SMILES string of the molecule is COc1ccc2c(c1OC)CN(C)CCc1cc(OS(=O)(=O)O)ccc1CC2. The summed E-state index contributed by atoms with van der Waals surface area (Å²) in [6.07, 6.45) is 2.35. The molecule has 0 unspecified atom stereocenters. The molecule has 1 N–H and O–H groups in total. The van der Waals surface area contributed by atoms with Crippen molar-refractivity contribution >= 4 is 10.4 Å². The van der Waals surface area contributed by atoms with Crippen molar-refractivity contribution in [1.29, 1.82) is 0 Å². The predicted molar refractivity (Wildman–Crippen MR) is 106 cm³/mol. The number of hydrogen-bond donors (Lipinski definition) is 1. The quantitative estimate of drug-likeness (QED) is 0.780. The molecule has 0 bridgehead atoms. The van der Waals surface area contributed by atoms with Gasteiger partial charge in [0.1, 0.15) is 5.75 Å². The van der Waals surface area contributed by atoms with Crippen molar-refractivity contribution in [3.63, 3.8) is 0 Å². The van der Waals surface area contributed by atoms with E-state index in [1.165, 1.54) is 5.56 Å². The Kier molecular flexibility index (Phi) is 6.12. The van der Waals surface area contributed by atoms with Crippen LogP contribution in [0.3, 0.4) is 0 Å². The van der Waals surface area contributed by atoms with Gasteiger partial charge in [0.15, 0.2) is 11.5 Å². The van der Waals surface area contributed by atoms with Gasteiger partial charge in [-0.25, -0.2) is 0 Å². The Bertz CT molecular complexity index is 957. The molecule has 0 saturated carbocycles. The van der Waals surface area contributed by atoms with Gasteiger partial charge in [-0.3, -0.25) is 4.55 Å². The average Bonchev–Trinajstić information content (AvgIpc) is 2.64. The van der Waals surface area contributed by atoms with E-state index in [4.69, 9.17) is 14.0 Å². The Labute approximate surface area is 165 Å². The molecule has 1 aliphatic rings. The Morgan fingerprint density at radius 2 is 1.68 bits per heavy atom. The molecular weight excluding hydrogens is 382 g/mol. The van der Waals surface area contributed by atoms with Gasteiger partial charge in [0.05, 0.1) is 14.2 Å². The standard InChI is InChI=1S/C20H25NO6S/c1-21-11-10-16-12-17(27-28(22,23)24)8-6-14(16)4-5-15-7-9-19(25-2)20(26-3)18(15)13-21/h6-9,12H,4-5,10-11,13H2,1-3H3,(H,22,23,24). The number of nitrogens with zero attached hydrogens (tertiary/aromatic N) is 1. The fourth-order valence-corrected chi connectivity index (χ4v) is 3.97. The minimum atomic E-state index is -4.53. The monoisotopic (exact) mass is 407 g/mol. The number of rotatable bonds is 4. The topological polar surface area (TPSA) is 85.3 Å². The maximum atomic E-state index is 11.0. The first-order valence-corrected chi connectivity index (χ1v) is 10.4. The molecule has 152 valence electrons. The second-order valence-corrected chi connectivity index (χ2v) is 7.89. The van der Waals surface area contributed by atoms with Gasteiger partial charge in [0.2, 0.25) is 0 Å². The second-order valence-electron chi connectivity index (χ2n) is 6.87. The second kappa shape index (κ2) is 8.38. The molecule has 8 heteroatoms. The first kappa shape index (κ1) is 20.4. The van der Waals surface area contributed by atoms with E-state index in [0.717, 1.165) is 54.0 Å². The zero-order valence-corrected chi connectivity index (χ0v) is 17.1. The van der Waals surface area contributed by atoms with E-state index in [2.05, 4.69) is 15.1 Å². The molecule has 2 aromatic rings. The van der Waals surface area contributed by atoms with E-state index in [-0.39, 0.29) is 5.75 Å². The van der Waals surface area contributed by atoms with Gasteiger partial charge in [-0.2, -0.15) is 8.42 Å². The molecule has 1 aliphatic heterocycles. The Morgan fingerprint density at radius 1 is 0.964 bits per heavy atom. The third kappa shape index (κ3) is 4.76. The lowest BCUT2D eigenvalue weighted by atomic mass is 9.93. The summed E-state index contributed by atoms with van der Waals surface area (Å²) in [7, 11) is 0.787. The number of aryl methyl sites for hydroxylation is 2. The summed E-state index contributed by atoms with van der Waals surface area (Å²) in [5, 5.41) is 0. The van der Waals surface area contributed by atoms with Crippen LogP contribution >= 0.6 is 0 Å². The smallest absolute Gasteiger partial charge is 0.446 e. The molecule has 0 aromatic heterocycles. The minimum absolute atomic E-state index is 0.118. The molecule has 1 heterocycles. The Balaban J connectivity index is 1.97. The fourth-order valence-electron chi connectivity index (χ4n) is 3.62. The van der Waals surface area contributed by atoms with Crippen LogP contribution in [0.2, 0.25) is 0 Å². The van der Waals surface area contributed by atoms with Crippen LogP contribution in [0.25, 0.3) is 0 Å². The number of likely N-dealkylation sites (N-methyl/N-ethyl adjacent to an activating group) is 1. The lowest BCUT2D eigenvalue weighted by molar-refractivity contribution is 0.309. The molecule has 2 aromatic carbocycles. The number of fused-ring (bicyclic) bond motifs is 2. The lowest BCUT2D eigenvalue weighted by Crippen LogP contribution is -2.23. The first-order valence-electron chi connectivity index (χ1n) is 9.00. The van der Waals surface area contributed by atoms with E-state index in [1.54, 1.807) is 26.4 Å². The summed E-state index contributed by atoms with van der Waals surface area (Å²) in [4.78, 5) is 2.19.